The van der Waals surface area contributed by atoms with Crippen molar-refractivity contribution in [2.75, 3.05) is 66.5 Å². The van der Waals surface area contributed by atoms with Gasteiger partial charge in [-0.15, -0.1) is 0 Å². The first kappa shape index (κ1) is 30.0. The average Bonchev–Trinajstić information content (AvgIpc) is 3.18. The highest BCUT2D eigenvalue weighted by Gasteiger charge is 2.34. The van der Waals surface area contributed by atoms with Crippen LogP contribution >= 0.6 is 0 Å². The highest BCUT2D eigenvalue weighted by molar-refractivity contribution is 5.85. The summed E-state index contributed by atoms with van der Waals surface area (Å²) in [6.45, 7) is 5.39. The fourth-order valence-electron chi connectivity index (χ4n) is 5.85. The predicted molar refractivity (Wildman–Crippen MR) is 159 cm³/mol. The summed E-state index contributed by atoms with van der Waals surface area (Å²) in [7, 11) is 3.76. The second-order valence-electron chi connectivity index (χ2n) is 11.7. The molecule has 10 nitrogen and oxygen atoms in total. The monoisotopic (exact) mass is 577 g/mol. The number of hydrogen-bond acceptors (Lipinski definition) is 7. The third-order valence-corrected chi connectivity index (χ3v) is 8.35. The van der Waals surface area contributed by atoms with Crippen LogP contribution in [0.3, 0.4) is 0 Å². The number of carbonyl (C=O) groups excluding carboxylic acids is 3. The van der Waals surface area contributed by atoms with E-state index in [9.17, 15) is 14.4 Å². The summed E-state index contributed by atoms with van der Waals surface area (Å²) in [6.07, 6.45) is 2.21. The number of carbonyl (C=O) groups is 3. The number of hydrogen-bond donors (Lipinski definition) is 1. The third-order valence-electron chi connectivity index (χ3n) is 8.35. The Labute approximate surface area is 248 Å². The summed E-state index contributed by atoms with van der Waals surface area (Å²) in [4.78, 5) is 47.2. The number of likely N-dealkylation sites (tertiary alicyclic amines) is 1. The van der Waals surface area contributed by atoms with Crippen molar-refractivity contribution in [1.29, 1.82) is 0 Å². The zero-order valence-electron chi connectivity index (χ0n) is 24.8. The van der Waals surface area contributed by atoms with Gasteiger partial charge in [0.25, 0.3) is 0 Å². The van der Waals surface area contributed by atoms with Gasteiger partial charge in [-0.2, -0.15) is 0 Å². The van der Waals surface area contributed by atoms with Gasteiger partial charge in [-0.25, -0.2) is 0 Å². The standard InChI is InChI=1S/C32H43N5O5/c1-34-13-5-14-36(17-16-34)22-32(40)37-15-12-29-28(20-37)33-30(38)21-35(2)31(39)11-10-24-6-3-8-26(18-24)42-27-9-4-7-25(19-27)23-41-29/h3-4,6-9,18-19,28-29H,5,10-17,20-23H2,1-2H3,(H,33,38)/t28-,29+/m1/s1. The van der Waals surface area contributed by atoms with Crippen molar-refractivity contribution in [1.82, 2.24) is 24.9 Å². The van der Waals surface area contributed by atoms with Crippen LogP contribution in [0.4, 0.5) is 0 Å². The van der Waals surface area contributed by atoms with Crippen molar-refractivity contribution >= 4 is 17.7 Å². The molecule has 2 atom stereocenters. The van der Waals surface area contributed by atoms with Crippen LogP contribution in [0.15, 0.2) is 48.5 Å². The predicted octanol–water partition coefficient (Wildman–Crippen LogP) is 2.12. The van der Waals surface area contributed by atoms with Gasteiger partial charge in [-0.05, 0) is 74.8 Å². The highest BCUT2D eigenvalue weighted by Crippen LogP contribution is 2.25. The lowest BCUT2D eigenvalue weighted by Crippen LogP contribution is -2.59. The molecule has 5 rings (SSSR count). The van der Waals surface area contributed by atoms with Crippen LogP contribution in [0.1, 0.15) is 30.4 Å². The maximum absolute atomic E-state index is 13.3. The maximum atomic E-state index is 13.3. The van der Waals surface area contributed by atoms with Crippen LogP contribution in [-0.4, -0.2) is 116 Å². The molecular formula is C32H43N5O5. The van der Waals surface area contributed by atoms with Crippen molar-refractivity contribution < 1.29 is 23.9 Å². The second kappa shape index (κ2) is 14.1. The van der Waals surface area contributed by atoms with E-state index in [1.807, 2.05) is 53.4 Å². The van der Waals surface area contributed by atoms with Gasteiger partial charge in [0.05, 0.1) is 31.8 Å². The minimum Gasteiger partial charge on any atom is -0.457 e. The van der Waals surface area contributed by atoms with Gasteiger partial charge < -0.3 is 29.5 Å². The SMILES string of the molecule is CN1CCCN(CC(=O)N2CC[C@@H]3OCc4cccc(c4)Oc4cccc(c4)CCC(=O)N(C)CC(=O)N[C@@H]3C2)CC1. The second-order valence-corrected chi connectivity index (χ2v) is 11.7. The first-order valence-electron chi connectivity index (χ1n) is 15.0. The zero-order chi connectivity index (χ0) is 29.5. The first-order chi connectivity index (χ1) is 20.3. The number of rotatable bonds is 2. The van der Waals surface area contributed by atoms with E-state index >= 15 is 0 Å². The molecule has 0 aromatic heterocycles. The molecular weight excluding hydrogens is 534 g/mol. The Hall–Kier alpha value is -3.47. The van der Waals surface area contributed by atoms with E-state index in [2.05, 4.69) is 22.2 Å². The number of nitrogens with zero attached hydrogens (tertiary/aromatic N) is 4. The largest absolute Gasteiger partial charge is 0.457 e. The minimum absolute atomic E-state index is 0.0531. The number of likely N-dealkylation sites (N-methyl/N-ethyl adjacent to an activating group) is 2. The van der Waals surface area contributed by atoms with Crippen molar-refractivity contribution in [3.8, 4) is 11.5 Å². The summed E-state index contributed by atoms with van der Waals surface area (Å²) < 4.78 is 12.5. The molecule has 10 heteroatoms. The summed E-state index contributed by atoms with van der Waals surface area (Å²) in [5, 5.41) is 3.09. The fraction of sp³-hybridized carbons (Fsp3) is 0.531. The number of piperidine rings is 1. The molecule has 3 heterocycles. The molecule has 3 aliphatic rings. The molecule has 3 aliphatic heterocycles. The molecule has 0 unspecified atom stereocenters. The number of amides is 3. The highest BCUT2D eigenvalue weighted by atomic mass is 16.5. The van der Waals surface area contributed by atoms with Crippen LogP contribution < -0.4 is 10.1 Å². The van der Waals surface area contributed by atoms with Crippen LogP contribution in [0, 0.1) is 0 Å². The van der Waals surface area contributed by atoms with E-state index in [0.29, 0.717) is 50.6 Å². The topological polar surface area (TPSA) is 94.7 Å². The molecule has 0 saturated carbocycles. The first-order valence-corrected chi connectivity index (χ1v) is 15.0. The van der Waals surface area contributed by atoms with Crippen molar-refractivity contribution in [3.05, 3.63) is 59.7 Å². The lowest BCUT2D eigenvalue weighted by molar-refractivity contribution is -0.139. The number of ether oxygens (including phenoxy) is 2. The molecule has 42 heavy (non-hydrogen) atoms. The molecule has 2 saturated heterocycles. The fourth-order valence-corrected chi connectivity index (χ4v) is 5.85. The summed E-state index contributed by atoms with van der Waals surface area (Å²) >= 11 is 0. The quantitative estimate of drug-likeness (QED) is 0.585. The van der Waals surface area contributed by atoms with Gasteiger partial charge in [0, 0.05) is 39.6 Å². The van der Waals surface area contributed by atoms with Crippen LogP contribution in [0.25, 0.3) is 0 Å². The molecule has 1 N–H and O–H groups in total. The van der Waals surface area contributed by atoms with Gasteiger partial charge in [0.2, 0.25) is 17.7 Å². The molecule has 2 aromatic carbocycles. The number of fused-ring (bicyclic) bond motifs is 5. The molecule has 2 aromatic rings. The van der Waals surface area contributed by atoms with Gasteiger partial charge in [0.15, 0.2) is 0 Å². The van der Waals surface area contributed by atoms with Gasteiger partial charge >= 0.3 is 0 Å². The Morgan fingerprint density at radius 1 is 0.929 bits per heavy atom. The smallest absolute Gasteiger partial charge is 0.239 e. The van der Waals surface area contributed by atoms with Gasteiger partial charge in [0.1, 0.15) is 11.5 Å². The molecule has 226 valence electrons. The number of benzene rings is 2. The Morgan fingerprint density at radius 2 is 1.69 bits per heavy atom. The summed E-state index contributed by atoms with van der Waals surface area (Å²) in [5.41, 5.74) is 1.95. The molecule has 0 radical (unpaired) electrons. The minimum atomic E-state index is -0.382. The maximum Gasteiger partial charge on any atom is 0.239 e. The molecule has 0 spiro atoms. The van der Waals surface area contributed by atoms with Crippen molar-refractivity contribution in [3.63, 3.8) is 0 Å². The third kappa shape index (κ3) is 8.30. The molecule has 4 bridgehead atoms. The van der Waals surface area contributed by atoms with E-state index < -0.39 is 0 Å². The Bertz CT molecular complexity index is 1260. The normalized spacial score (nSPS) is 23.6. The Morgan fingerprint density at radius 3 is 2.50 bits per heavy atom. The lowest BCUT2D eigenvalue weighted by Gasteiger charge is -2.39. The Balaban J connectivity index is 1.30. The summed E-state index contributed by atoms with van der Waals surface area (Å²) in [5.74, 6) is 1.12. The van der Waals surface area contributed by atoms with E-state index in [-0.39, 0.29) is 42.8 Å². The van der Waals surface area contributed by atoms with E-state index in [0.717, 1.165) is 43.7 Å². The number of aryl methyl sites for hydroxylation is 1. The van der Waals surface area contributed by atoms with E-state index in [4.69, 9.17) is 9.47 Å². The van der Waals surface area contributed by atoms with Gasteiger partial charge in [-0.1, -0.05) is 24.3 Å². The van der Waals surface area contributed by atoms with Crippen LogP contribution in [-0.2, 0) is 32.1 Å². The average molecular weight is 578 g/mol. The number of nitrogens with one attached hydrogen (secondary N) is 1. The van der Waals surface area contributed by atoms with Crippen molar-refractivity contribution in [2.24, 2.45) is 0 Å². The molecule has 2 fully saturated rings. The molecule has 0 aliphatic carbocycles. The summed E-state index contributed by atoms with van der Waals surface area (Å²) in [6, 6.07) is 15.1. The zero-order valence-corrected chi connectivity index (χ0v) is 24.8. The van der Waals surface area contributed by atoms with Gasteiger partial charge in [-0.3, -0.25) is 19.3 Å². The van der Waals surface area contributed by atoms with Crippen molar-refractivity contribution in [2.45, 2.75) is 44.4 Å². The van der Waals surface area contributed by atoms with Crippen LogP contribution in [0.5, 0.6) is 11.5 Å². The molecule has 3 amide bonds. The Kier molecular flexibility index (Phi) is 10.1. The lowest BCUT2D eigenvalue weighted by atomic mass is 10.0. The van der Waals surface area contributed by atoms with Crippen LogP contribution in [0.2, 0.25) is 0 Å². The van der Waals surface area contributed by atoms with E-state index in [1.54, 1.807) is 7.05 Å². The van der Waals surface area contributed by atoms with E-state index in [1.165, 1.54) is 4.90 Å².